The minimum absolute atomic E-state index is 0.0557. The summed E-state index contributed by atoms with van der Waals surface area (Å²) >= 11 is 0. The summed E-state index contributed by atoms with van der Waals surface area (Å²) in [4.78, 5) is 0. The summed E-state index contributed by atoms with van der Waals surface area (Å²) in [5.41, 5.74) is 0.170. The second kappa shape index (κ2) is 7.21. The van der Waals surface area contributed by atoms with Crippen LogP contribution in [0.25, 0.3) is 0 Å². The number of ether oxygens (including phenoxy) is 2. The highest BCUT2D eigenvalue weighted by Crippen LogP contribution is 2.03. The molecule has 0 aromatic heterocycles. The number of rotatable bonds is 7. The van der Waals surface area contributed by atoms with Gasteiger partial charge in [-0.3, -0.25) is 0 Å². The van der Waals surface area contributed by atoms with Crippen LogP contribution in [0.15, 0.2) is 0 Å². The third-order valence-corrected chi connectivity index (χ3v) is 1.74. The van der Waals surface area contributed by atoms with Crippen LogP contribution >= 0.6 is 0 Å². The molecular weight excluding hydrogens is 178 g/mol. The Balaban J connectivity index is 3.60. The minimum atomic E-state index is -0.0557. The van der Waals surface area contributed by atoms with Crippen LogP contribution in [-0.4, -0.2) is 31.6 Å². The number of hydrogen-bond donors (Lipinski definition) is 1. The molecule has 0 fully saturated rings. The maximum absolute atomic E-state index is 5.43. The monoisotopic (exact) mass is 203 g/mol. The van der Waals surface area contributed by atoms with Gasteiger partial charge in [0.25, 0.3) is 0 Å². The predicted octanol–water partition coefficient (Wildman–Crippen LogP) is 2.16. The second-order valence-corrected chi connectivity index (χ2v) is 4.31. The average Bonchev–Trinajstić information content (AvgIpc) is 2.02. The van der Waals surface area contributed by atoms with Crippen LogP contribution in [0.5, 0.6) is 0 Å². The van der Waals surface area contributed by atoms with E-state index in [-0.39, 0.29) is 11.8 Å². The maximum atomic E-state index is 5.43. The topological polar surface area (TPSA) is 30.5 Å². The molecule has 0 amide bonds. The molecule has 0 aliphatic heterocycles. The van der Waals surface area contributed by atoms with E-state index in [0.29, 0.717) is 13.2 Å². The molecule has 14 heavy (non-hydrogen) atoms. The van der Waals surface area contributed by atoms with E-state index in [1.807, 2.05) is 13.8 Å². The van der Waals surface area contributed by atoms with Gasteiger partial charge in [-0.25, -0.2) is 0 Å². The van der Waals surface area contributed by atoms with Gasteiger partial charge >= 0.3 is 0 Å². The Morgan fingerprint density at radius 1 is 1.07 bits per heavy atom. The van der Waals surface area contributed by atoms with Crippen molar-refractivity contribution in [3.63, 3.8) is 0 Å². The normalized spacial score (nSPS) is 12.4. The Kier molecular flexibility index (Phi) is 7.15. The summed E-state index contributed by atoms with van der Waals surface area (Å²) in [5.74, 6) is 0. The standard InChI is InChI=1S/C11H25NO2/c1-6-13-10(14-7-2)8-9-12-11(3,4)5/h10,12H,6-9H2,1-5H3. The van der Waals surface area contributed by atoms with Gasteiger partial charge in [0.05, 0.1) is 0 Å². The molecule has 0 spiro atoms. The molecule has 0 aromatic carbocycles. The van der Waals surface area contributed by atoms with E-state index in [4.69, 9.17) is 9.47 Å². The smallest absolute Gasteiger partial charge is 0.158 e. The van der Waals surface area contributed by atoms with Gasteiger partial charge in [0.15, 0.2) is 6.29 Å². The van der Waals surface area contributed by atoms with Crippen LogP contribution in [0, 0.1) is 0 Å². The first-order chi connectivity index (χ1) is 6.49. The van der Waals surface area contributed by atoms with Gasteiger partial charge in [0.2, 0.25) is 0 Å². The fourth-order valence-electron chi connectivity index (χ4n) is 1.15. The van der Waals surface area contributed by atoms with Crippen LogP contribution in [0.4, 0.5) is 0 Å². The zero-order valence-corrected chi connectivity index (χ0v) is 10.2. The molecule has 0 unspecified atom stereocenters. The highest BCUT2D eigenvalue weighted by atomic mass is 16.7. The van der Waals surface area contributed by atoms with Crippen molar-refractivity contribution in [1.82, 2.24) is 5.32 Å². The van der Waals surface area contributed by atoms with Gasteiger partial charge in [-0.05, 0) is 34.6 Å². The van der Waals surface area contributed by atoms with E-state index < -0.39 is 0 Å². The zero-order chi connectivity index (χ0) is 11.0. The lowest BCUT2D eigenvalue weighted by atomic mass is 10.1. The summed E-state index contributed by atoms with van der Waals surface area (Å²) < 4.78 is 10.9. The van der Waals surface area contributed by atoms with Crippen molar-refractivity contribution in [1.29, 1.82) is 0 Å². The summed E-state index contributed by atoms with van der Waals surface area (Å²) in [7, 11) is 0. The largest absolute Gasteiger partial charge is 0.353 e. The number of hydrogen-bond acceptors (Lipinski definition) is 3. The van der Waals surface area contributed by atoms with Gasteiger partial charge in [-0.1, -0.05) is 0 Å². The van der Waals surface area contributed by atoms with Crippen molar-refractivity contribution in [3.05, 3.63) is 0 Å². The van der Waals surface area contributed by atoms with Crippen molar-refractivity contribution >= 4 is 0 Å². The van der Waals surface area contributed by atoms with Crippen LogP contribution < -0.4 is 5.32 Å². The molecule has 0 saturated heterocycles. The SMILES string of the molecule is CCOC(CCNC(C)(C)C)OCC. The van der Waals surface area contributed by atoms with Crippen LogP contribution in [0.3, 0.4) is 0 Å². The van der Waals surface area contributed by atoms with Gasteiger partial charge < -0.3 is 14.8 Å². The quantitative estimate of drug-likeness (QED) is 0.643. The molecule has 0 bridgehead atoms. The van der Waals surface area contributed by atoms with Crippen molar-refractivity contribution < 1.29 is 9.47 Å². The third-order valence-electron chi connectivity index (χ3n) is 1.74. The molecule has 3 heteroatoms. The lowest BCUT2D eigenvalue weighted by Gasteiger charge is -2.23. The molecule has 0 aromatic rings. The first-order valence-corrected chi connectivity index (χ1v) is 5.47. The van der Waals surface area contributed by atoms with E-state index in [2.05, 4.69) is 26.1 Å². The summed E-state index contributed by atoms with van der Waals surface area (Å²) in [6, 6.07) is 0. The highest BCUT2D eigenvalue weighted by Gasteiger charge is 2.11. The molecule has 0 aliphatic rings. The minimum Gasteiger partial charge on any atom is -0.353 e. The van der Waals surface area contributed by atoms with E-state index in [1.54, 1.807) is 0 Å². The maximum Gasteiger partial charge on any atom is 0.158 e. The Labute approximate surface area is 88.2 Å². The molecular formula is C11H25NO2. The van der Waals surface area contributed by atoms with Gasteiger partial charge in [-0.15, -0.1) is 0 Å². The predicted molar refractivity (Wildman–Crippen MR) is 59.4 cm³/mol. The Morgan fingerprint density at radius 3 is 1.93 bits per heavy atom. The highest BCUT2D eigenvalue weighted by molar-refractivity contribution is 4.70. The van der Waals surface area contributed by atoms with E-state index in [1.165, 1.54) is 0 Å². The lowest BCUT2D eigenvalue weighted by Crippen LogP contribution is -2.38. The van der Waals surface area contributed by atoms with E-state index in [9.17, 15) is 0 Å². The van der Waals surface area contributed by atoms with Crippen LogP contribution in [0.1, 0.15) is 41.0 Å². The molecule has 3 nitrogen and oxygen atoms in total. The summed E-state index contributed by atoms with van der Waals surface area (Å²) in [5, 5.41) is 3.41. The molecule has 1 N–H and O–H groups in total. The summed E-state index contributed by atoms with van der Waals surface area (Å²) in [6.45, 7) is 12.8. The van der Waals surface area contributed by atoms with Crippen molar-refractivity contribution in [2.45, 2.75) is 52.9 Å². The first-order valence-electron chi connectivity index (χ1n) is 5.47. The molecule has 0 rings (SSSR count). The van der Waals surface area contributed by atoms with Crippen molar-refractivity contribution in [2.24, 2.45) is 0 Å². The first kappa shape index (κ1) is 13.9. The van der Waals surface area contributed by atoms with Crippen LogP contribution in [-0.2, 0) is 9.47 Å². The van der Waals surface area contributed by atoms with Crippen molar-refractivity contribution in [3.8, 4) is 0 Å². The molecule has 0 saturated carbocycles. The molecule has 0 radical (unpaired) electrons. The average molecular weight is 203 g/mol. The van der Waals surface area contributed by atoms with Crippen molar-refractivity contribution in [2.75, 3.05) is 19.8 Å². The molecule has 0 atom stereocenters. The van der Waals surface area contributed by atoms with E-state index >= 15 is 0 Å². The zero-order valence-electron chi connectivity index (χ0n) is 10.2. The Morgan fingerprint density at radius 2 is 1.57 bits per heavy atom. The van der Waals surface area contributed by atoms with E-state index in [0.717, 1.165) is 13.0 Å². The molecule has 0 aliphatic carbocycles. The summed E-state index contributed by atoms with van der Waals surface area (Å²) in [6.07, 6.45) is 0.846. The fraction of sp³-hybridized carbons (Fsp3) is 1.00. The Bertz CT molecular complexity index is 126. The molecule has 0 heterocycles. The van der Waals surface area contributed by atoms with Gasteiger partial charge in [0, 0.05) is 31.7 Å². The van der Waals surface area contributed by atoms with Crippen LogP contribution in [0.2, 0.25) is 0 Å². The van der Waals surface area contributed by atoms with Gasteiger partial charge in [0.1, 0.15) is 0 Å². The van der Waals surface area contributed by atoms with Gasteiger partial charge in [-0.2, -0.15) is 0 Å². The fourth-order valence-corrected chi connectivity index (χ4v) is 1.15. The molecule has 86 valence electrons. The number of nitrogens with one attached hydrogen (secondary N) is 1. The second-order valence-electron chi connectivity index (χ2n) is 4.31. The third kappa shape index (κ3) is 8.48. The lowest BCUT2D eigenvalue weighted by molar-refractivity contribution is -0.139. The Hall–Kier alpha value is -0.120.